The number of carbonyl (C=O) groups excluding carboxylic acids is 1. The molecule has 0 atom stereocenters. The van der Waals surface area contributed by atoms with Gasteiger partial charge < -0.3 is 14.4 Å². The number of hydrogen-bond donors (Lipinski definition) is 1. The third-order valence-corrected chi connectivity index (χ3v) is 6.20. The molecule has 10 heteroatoms. The predicted octanol–water partition coefficient (Wildman–Crippen LogP) is 3.70. The first-order valence-corrected chi connectivity index (χ1v) is 11.8. The van der Waals surface area contributed by atoms with E-state index >= 15 is 0 Å². The molecule has 1 saturated heterocycles. The van der Waals surface area contributed by atoms with Crippen LogP contribution in [-0.4, -0.2) is 62.3 Å². The fourth-order valence-corrected chi connectivity index (χ4v) is 4.22. The molecule has 4 rings (SSSR count). The molecule has 1 heterocycles. The third-order valence-electron chi connectivity index (χ3n) is 6.20. The number of nitrogens with one attached hydrogen (secondary N) is 1. The molecule has 3 aromatic rings. The van der Waals surface area contributed by atoms with Crippen LogP contribution in [0, 0.1) is 10.1 Å². The number of rotatable bonds is 9. The second kappa shape index (κ2) is 12.0. The summed E-state index contributed by atoms with van der Waals surface area (Å²) in [5.74, 6) is 0.681. The molecule has 0 bridgehead atoms. The highest BCUT2D eigenvalue weighted by molar-refractivity contribution is 5.95. The Morgan fingerprint density at radius 3 is 2.38 bits per heavy atom. The lowest BCUT2D eigenvalue weighted by Gasteiger charge is -2.36. The average molecular weight is 504 g/mol. The first-order valence-electron chi connectivity index (χ1n) is 11.8. The molecule has 0 saturated carbocycles. The van der Waals surface area contributed by atoms with Gasteiger partial charge in [-0.05, 0) is 42.0 Å². The molecule has 0 radical (unpaired) electrons. The molecule has 1 amide bonds. The van der Waals surface area contributed by atoms with E-state index in [0.29, 0.717) is 11.1 Å². The Hall–Kier alpha value is -4.44. The van der Waals surface area contributed by atoms with E-state index in [1.165, 1.54) is 25.5 Å². The van der Waals surface area contributed by atoms with Crippen molar-refractivity contribution in [2.45, 2.75) is 6.54 Å². The van der Waals surface area contributed by atoms with Crippen LogP contribution in [0.15, 0.2) is 71.8 Å². The SMILES string of the molecule is COc1ccccc1N1CCN(Cc2ccc(C(=O)N/N=C\c3ccc(OC)c([N+](=O)[O-])c3)cc2)CC1. The fraction of sp³-hybridized carbons (Fsp3) is 0.259. The third kappa shape index (κ3) is 6.42. The monoisotopic (exact) mass is 503 g/mol. The summed E-state index contributed by atoms with van der Waals surface area (Å²) in [5.41, 5.74) is 5.47. The van der Waals surface area contributed by atoms with E-state index in [-0.39, 0.29) is 17.3 Å². The quantitative estimate of drug-likeness (QED) is 0.269. The first kappa shape index (κ1) is 25.6. The van der Waals surface area contributed by atoms with Gasteiger partial charge in [-0.3, -0.25) is 19.8 Å². The van der Waals surface area contributed by atoms with Crippen molar-refractivity contribution in [1.29, 1.82) is 0 Å². The summed E-state index contributed by atoms with van der Waals surface area (Å²) >= 11 is 0. The van der Waals surface area contributed by atoms with Crippen LogP contribution >= 0.6 is 0 Å². The van der Waals surface area contributed by atoms with Crippen LogP contribution in [0.25, 0.3) is 0 Å². The highest BCUT2D eigenvalue weighted by atomic mass is 16.6. The Morgan fingerprint density at radius 2 is 1.70 bits per heavy atom. The number of nitro benzene ring substituents is 1. The van der Waals surface area contributed by atoms with Crippen molar-refractivity contribution >= 4 is 23.5 Å². The first-order chi connectivity index (χ1) is 18.0. The Morgan fingerprint density at radius 1 is 1.00 bits per heavy atom. The van der Waals surface area contributed by atoms with Crippen LogP contribution < -0.4 is 19.8 Å². The van der Waals surface area contributed by atoms with Crippen LogP contribution in [0.4, 0.5) is 11.4 Å². The molecular weight excluding hydrogens is 474 g/mol. The molecule has 10 nitrogen and oxygen atoms in total. The van der Waals surface area contributed by atoms with Crippen molar-refractivity contribution in [1.82, 2.24) is 10.3 Å². The Balaban J connectivity index is 1.28. The number of amides is 1. The number of para-hydroxylation sites is 2. The van der Waals surface area contributed by atoms with Crippen molar-refractivity contribution in [2.75, 3.05) is 45.3 Å². The summed E-state index contributed by atoms with van der Waals surface area (Å²) in [5, 5.41) is 15.1. The van der Waals surface area contributed by atoms with Gasteiger partial charge in [-0.2, -0.15) is 5.10 Å². The second-order valence-corrected chi connectivity index (χ2v) is 8.52. The van der Waals surface area contributed by atoms with Gasteiger partial charge in [-0.15, -0.1) is 0 Å². The van der Waals surface area contributed by atoms with Gasteiger partial charge in [0.2, 0.25) is 0 Å². The van der Waals surface area contributed by atoms with Crippen molar-refractivity contribution in [2.24, 2.45) is 5.10 Å². The molecule has 1 aliphatic heterocycles. The minimum absolute atomic E-state index is 0.157. The molecule has 3 aromatic carbocycles. The summed E-state index contributed by atoms with van der Waals surface area (Å²) in [7, 11) is 3.06. The van der Waals surface area contributed by atoms with E-state index in [0.717, 1.165) is 49.7 Å². The minimum atomic E-state index is -0.531. The lowest BCUT2D eigenvalue weighted by molar-refractivity contribution is -0.385. The number of carbonyl (C=O) groups is 1. The molecule has 1 N–H and O–H groups in total. The van der Waals surface area contributed by atoms with Gasteiger partial charge in [-0.1, -0.05) is 24.3 Å². The van der Waals surface area contributed by atoms with E-state index in [4.69, 9.17) is 9.47 Å². The van der Waals surface area contributed by atoms with Gasteiger partial charge in [0.25, 0.3) is 5.91 Å². The topological polar surface area (TPSA) is 110 Å². The maximum Gasteiger partial charge on any atom is 0.311 e. The largest absolute Gasteiger partial charge is 0.495 e. The van der Waals surface area contributed by atoms with E-state index in [1.807, 2.05) is 30.3 Å². The fourth-order valence-electron chi connectivity index (χ4n) is 4.22. The van der Waals surface area contributed by atoms with Crippen molar-refractivity contribution in [3.63, 3.8) is 0 Å². The zero-order valence-corrected chi connectivity index (χ0v) is 20.8. The van der Waals surface area contributed by atoms with Crippen molar-refractivity contribution < 1.29 is 19.2 Å². The highest BCUT2D eigenvalue weighted by Gasteiger charge is 2.20. The molecule has 0 spiro atoms. The molecule has 1 aliphatic rings. The maximum absolute atomic E-state index is 12.5. The molecule has 0 aromatic heterocycles. The van der Waals surface area contributed by atoms with E-state index in [9.17, 15) is 14.9 Å². The van der Waals surface area contributed by atoms with Gasteiger partial charge in [0.15, 0.2) is 5.75 Å². The van der Waals surface area contributed by atoms with Crippen LogP contribution in [0.3, 0.4) is 0 Å². The van der Waals surface area contributed by atoms with Crippen LogP contribution in [0.2, 0.25) is 0 Å². The number of ether oxygens (including phenoxy) is 2. The Bertz CT molecular complexity index is 1270. The summed E-state index contributed by atoms with van der Waals surface area (Å²) in [6, 6.07) is 19.9. The smallest absolute Gasteiger partial charge is 0.311 e. The molecule has 192 valence electrons. The number of hydrazone groups is 1. The van der Waals surface area contributed by atoms with Crippen LogP contribution in [-0.2, 0) is 6.54 Å². The molecular formula is C27H29N5O5. The Kier molecular flexibility index (Phi) is 8.32. The summed E-state index contributed by atoms with van der Waals surface area (Å²) < 4.78 is 10.5. The van der Waals surface area contributed by atoms with Crippen LogP contribution in [0.5, 0.6) is 11.5 Å². The number of hydrogen-bond acceptors (Lipinski definition) is 8. The lowest BCUT2D eigenvalue weighted by Crippen LogP contribution is -2.46. The van der Waals surface area contributed by atoms with Gasteiger partial charge in [0, 0.05) is 49.9 Å². The van der Waals surface area contributed by atoms with Crippen molar-refractivity contribution in [3.8, 4) is 11.5 Å². The minimum Gasteiger partial charge on any atom is -0.495 e. The van der Waals surface area contributed by atoms with E-state index in [2.05, 4.69) is 26.4 Å². The molecule has 0 unspecified atom stereocenters. The molecule has 1 fully saturated rings. The highest BCUT2D eigenvalue weighted by Crippen LogP contribution is 2.29. The number of anilines is 1. The summed E-state index contributed by atoms with van der Waals surface area (Å²) in [4.78, 5) is 27.8. The van der Waals surface area contributed by atoms with Gasteiger partial charge in [0.05, 0.1) is 31.0 Å². The lowest BCUT2D eigenvalue weighted by atomic mass is 10.1. The van der Waals surface area contributed by atoms with Gasteiger partial charge >= 0.3 is 5.69 Å². The van der Waals surface area contributed by atoms with Crippen LogP contribution in [0.1, 0.15) is 21.5 Å². The van der Waals surface area contributed by atoms with E-state index < -0.39 is 4.92 Å². The zero-order chi connectivity index (χ0) is 26.2. The average Bonchev–Trinajstić information content (AvgIpc) is 2.93. The van der Waals surface area contributed by atoms with Gasteiger partial charge in [-0.25, -0.2) is 5.43 Å². The normalized spacial score (nSPS) is 13.9. The Labute approximate surface area is 215 Å². The number of nitrogens with zero attached hydrogens (tertiary/aromatic N) is 4. The summed E-state index contributed by atoms with van der Waals surface area (Å²) in [6.45, 7) is 4.49. The number of benzene rings is 3. The standard InChI is InChI=1S/C27H29N5O5/c1-36-25-6-4-3-5-23(25)31-15-13-30(14-16-31)19-20-7-10-22(11-8-20)27(33)29-28-18-21-9-12-26(37-2)24(17-21)32(34)35/h3-12,17-18H,13-16,19H2,1-2H3,(H,29,33)/b28-18-. The number of piperazine rings is 1. The predicted molar refractivity (Wildman–Crippen MR) is 142 cm³/mol. The summed E-state index contributed by atoms with van der Waals surface area (Å²) in [6.07, 6.45) is 1.35. The molecule has 0 aliphatic carbocycles. The second-order valence-electron chi connectivity index (χ2n) is 8.52. The maximum atomic E-state index is 12.5. The van der Waals surface area contributed by atoms with Crippen molar-refractivity contribution in [3.05, 3.63) is 93.5 Å². The number of methoxy groups -OCH3 is 2. The van der Waals surface area contributed by atoms with E-state index in [1.54, 1.807) is 25.3 Å². The number of nitro groups is 1. The van der Waals surface area contributed by atoms with Gasteiger partial charge in [0.1, 0.15) is 5.75 Å². The zero-order valence-electron chi connectivity index (χ0n) is 20.8. The molecule has 37 heavy (non-hydrogen) atoms.